The highest BCUT2D eigenvalue weighted by Gasteiger charge is 2.68. The van der Waals surface area contributed by atoms with Gasteiger partial charge in [-0.1, -0.05) is 92.8 Å². The second-order valence-corrected chi connectivity index (χ2v) is 22.1. The van der Waals surface area contributed by atoms with E-state index < -0.39 is 16.4 Å². The summed E-state index contributed by atoms with van der Waals surface area (Å²) in [5, 5.41) is 2.74. The summed E-state index contributed by atoms with van der Waals surface area (Å²) in [6.45, 7) is 23.7. The summed E-state index contributed by atoms with van der Waals surface area (Å²) in [4.78, 5) is 0. The van der Waals surface area contributed by atoms with E-state index in [0.717, 1.165) is 17.8 Å². The van der Waals surface area contributed by atoms with Crippen LogP contribution in [0.1, 0.15) is 40.5 Å². The van der Waals surface area contributed by atoms with Crippen molar-refractivity contribution in [3.63, 3.8) is 0 Å². The molecule has 2 aromatic rings. The maximum absolute atomic E-state index is 7.08. The van der Waals surface area contributed by atoms with Crippen LogP contribution >= 0.6 is 0 Å². The lowest BCUT2D eigenvalue weighted by molar-refractivity contribution is -0.199. The molecular formula is C31H45BO3Si2. The van der Waals surface area contributed by atoms with Crippen molar-refractivity contribution in [1.82, 2.24) is 0 Å². The molecule has 0 N–H and O–H groups in total. The van der Waals surface area contributed by atoms with Crippen LogP contribution in [0.5, 0.6) is 0 Å². The van der Waals surface area contributed by atoms with Gasteiger partial charge in [-0.05, 0) is 67.7 Å². The van der Waals surface area contributed by atoms with Crippen molar-refractivity contribution in [3.8, 4) is 0 Å². The van der Waals surface area contributed by atoms with Crippen LogP contribution in [0.25, 0.3) is 0 Å². The Morgan fingerprint density at radius 1 is 0.946 bits per heavy atom. The second kappa shape index (κ2) is 9.34. The summed E-state index contributed by atoms with van der Waals surface area (Å²) in [5.74, 6) is 1.27. The molecule has 0 amide bonds. The zero-order valence-electron chi connectivity index (χ0n) is 24.1. The van der Waals surface area contributed by atoms with Gasteiger partial charge in [0.1, 0.15) is 0 Å². The second-order valence-electron chi connectivity index (χ2n) is 13.6. The Kier molecular flexibility index (Phi) is 6.85. The van der Waals surface area contributed by atoms with Gasteiger partial charge in [0.15, 0.2) is 0 Å². The van der Waals surface area contributed by atoms with Gasteiger partial charge in [-0.2, -0.15) is 0 Å². The first kappa shape index (κ1) is 27.1. The van der Waals surface area contributed by atoms with Crippen LogP contribution in [0.15, 0.2) is 72.7 Å². The Morgan fingerprint density at radius 2 is 1.51 bits per heavy atom. The average Bonchev–Trinajstić information content (AvgIpc) is 3.22. The normalized spacial score (nSPS) is 30.3. The van der Waals surface area contributed by atoms with E-state index in [2.05, 4.69) is 115 Å². The lowest BCUT2D eigenvalue weighted by Crippen LogP contribution is -2.65. The highest BCUT2D eigenvalue weighted by molar-refractivity contribution is 6.92. The molecule has 2 aromatic carbocycles. The van der Waals surface area contributed by atoms with E-state index in [4.69, 9.17) is 20.3 Å². The SMILES string of the molecule is C=C(B1O[C@H]2C[C@H]3C[C@H](C3(C)C)[C@@]2(C)O1)[C@H]([C@H](C)O[Si](C)(C)c1ccccc1)[Si](C)(C)c1ccccc1. The lowest BCUT2D eigenvalue weighted by Gasteiger charge is -2.64. The summed E-state index contributed by atoms with van der Waals surface area (Å²) >= 11 is 0. The van der Waals surface area contributed by atoms with E-state index in [-0.39, 0.29) is 30.5 Å². The summed E-state index contributed by atoms with van der Waals surface area (Å²) in [6.07, 6.45) is 2.50. The Labute approximate surface area is 227 Å². The summed E-state index contributed by atoms with van der Waals surface area (Å²) in [7, 11) is -4.59. The third-order valence-electron chi connectivity index (χ3n) is 10.4. The summed E-state index contributed by atoms with van der Waals surface area (Å²) in [6, 6.07) is 21.7. The number of rotatable bonds is 8. The Bertz CT molecular complexity index is 1140. The molecule has 3 saturated carbocycles. The zero-order valence-corrected chi connectivity index (χ0v) is 26.1. The van der Waals surface area contributed by atoms with Crippen LogP contribution in [0.3, 0.4) is 0 Å². The minimum absolute atomic E-state index is 0.00370. The molecule has 2 bridgehead atoms. The Morgan fingerprint density at radius 3 is 2.08 bits per heavy atom. The molecule has 6 heteroatoms. The molecule has 3 nitrogen and oxygen atoms in total. The Balaban J connectivity index is 1.46. The van der Waals surface area contributed by atoms with Gasteiger partial charge < -0.3 is 13.7 Å². The molecule has 1 saturated heterocycles. The molecule has 0 spiro atoms. The van der Waals surface area contributed by atoms with Gasteiger partial charge in [-0.15, -0.1) is 6.58 Å². The summed E-state index contributed by atoms with van der Waals surface area (Å²) in [5.41, 5.74) is 1.31. The van der Waals surface area contributed by atoms with Crippen LogP contribution in [0.4, 0.5) is 0 Å². The van der Waals surface area contributed by atoms with Crippen LogP contribution in [-0.4, -0.2) is 41.3 Å². The fourth-order valence-corrected chi connectivity index (χ4v) is 14.1. The molecule has 3 aliphatic carbocycles. The molecule has 0 radical (unpaired) electrons. The highest BCUT2D eigenvalue weighted by atomic mass is 28.4. The van der Waals surface area contributed by atoms with E-state index in [1.165, 1.54) is 16.8 Å². The smallest absolute Gasteiger partial charge is 0.410 e. The van der Waals surface area contributed by atoms with Crippen molar-refractivity contribution in [3.05, 3.63) is 72.7 Å². The van der Waals surface area contributed by atoms with E-state index in [1.54, 1.807) is 0 Å². The maximum atomic E-state index is 7.08. The van der Waals surface area contributed by atoms with Gasteiger partial charge in [0.05, 0.1) is 19.8 Å². The number of benzene rings is 2. The lowest BCUT2D eigenvalue weighted by atomic mass is 9.43. The minimum Gasteiger partial charge on any atom is -0.410 e. The Hall–Kier alpha value is -1.44. The van der Waals surface area contributed by atoms with E-state index in [0.29, 0.717) is 11.3 Å². The van der Waals surface area contributed by atoms with Crippen LogP contribution < -0.4 is 10.4 Å². The molecule has 6 rings (SSSR count). The molecule has 4 fully saturated rings. The number of hydrogen-bond donors (Lipinski definition) is 0. The van der Waals surface area contributed by atoms with Crippen molar-refractivity contribution in [2.75, 3.05) is 0 Å². The molecular weight excluding hydrogens is 487 g/mol. The first-order valence-corrected chi connectivity index (χ1v) is 20.1. The molecule has 1 aliphatic heterocycles. The van der Waals surface area contributed by atoms with Gasteiger partial charge in [0.25, 0.3) is 0 Å². The maximum Gasteiger partial charge on any atom is 0.489 e. The van der Waals surface area contributed by atoms with E-state index in [1.807, 2.05) is 0 Å². The molecule has 4 aliphatic rings. The first-order valence-electron chi connectivity index (χ1n) is 14.1. The topological polar surface area (TPSA) is 27.7 Å². The standard InChI is InChI=1S/C31H45BO3Si2/c1-22(32-33-28-21-24-20-27(30(24,3)4)31(28,5)35-32)29(36(6,7)25-16-12-10-13-17-25)23(2)34-37(8,9)26-18-14-11-15-19-26/h10-19,23-24,27-29H,1,20-21H2,2-9H3/t23-,24+,27+,28-,29+,31+/m0/s1. The number of hydrogen-bond acceptors (Lipinski definition) is 3. The van der Waals surface area contributed by atoms with Crippen molar-refractivity contribution < 1.29 is 13.7 Å². The molecule has 0 aromatic heterocycles. The van der Waals surface area contributed by atoms with Gasteiger partial charge in [0.2, 0.25) is 8.32 Å². The molecule has 1 heterocycles. The van der Waals surface area contributed by atoms with E-state index >= 15 is 0 Å². The van der Waals surface area contributed by atoms with Crippen molar-refractivity contribution in [2.45, 2.75) is 90.1 Å². The first-order chi connectivity index (χ1) is 17.3. The highest BCUT2D eigenvalue weighted by Crippen LogP contribution is 2.66. The van der Waals surface area contributed by atoms with Gasteiger partial charge in [0, 0.05) is 11.6 Å². The molecule has 37 heavy (non-hydrogen) atoms. The fourth-order valence-electron chi connectivity index (χ4n) is 8.01. The fraction of sp³-hybridized carbons (Fsp3) is 0.548. The van der Waals surface area contributed by atoms with Gasteiger partial charge in [-0.25, -0.2) is 0 Å². The monoisotopic (exact) mass is 532 g/mol. The predicted octanol–water partition coefficient (Wildman–Crippen LogP) is 6.31. The van der Waals surface area contributed by atoms with Crippen LogP contribution in [0, 0.1) is 17.3 Å². The third-order valence-corrected chi connectivity index (χ3v) is 17.3. The molecule has 198 valence electrons. The zero-order chi connectivity index (χ0) is 26.8. The average molecular weight is 533 g/mol. The third kappa shape index (κ3) is 4.47. The molecule has 0 unspecified atom stereocenters. The van der Waals surface area contributed by atoms with Gasteiger partial charge in [-0.3, -0.25) is 0 Å². The quantitative estimate of drug-likeness (QED) is 0.373. The minimum atomic E-state index is -2.14. The predicted molar refractivity (Wildman–Crippen MR) is 161 cm³/mol. The van der Waals surface area contributed by atoms with E-state index in [9.17, 15) is 0 Å². The van der Waals surface area contributed by atoms with Crippen LogP contribution in [0.2, 0.25) is 31.7 Å². The van der Waals surface area contributed by atoms with Crippen molar-refractivity contribution >= 4 is 33.9 Å². The van der Waals surface area contributed by atoms with Crippen LogP contribution in [-0.2, 0) is 13.7 Å². The van der Waals surface area contributed by atoms with Crippen molar-refractivity contribution in [2.24, 2.45) is 17.3 Å². The van der Waals surface area contributed by atoms with Crippen molar-refractivity contribution in [1.29, 1.82) is 0 Å². The van der Waals surface area contributed by atoms with Gasteiger partial charge >= 0.3 is 7.12 Å². The largest absolute Gasteiger partial charge is 0.489 e. The molecule has 6 atom stereocenters. The summed E-state index contributed by atoms with van der Waals surface area (Å²) < 4.78 is 20.8.